The number of aliphatic hydroxyl groups is 1. The maximum atomic E-state index is 9.23. The average Bonchev–Trinajstić information content (AvgIpc) is 2.61. The Morgan fingerprint density at radius 3 is 3.00 bits per heavy atom. The van der Waals surface area contributed by atoms with E-state index in [-0.39, 0.29) is 6.10 Å². The summed E-state index contributed by atoms with van der Waals surface area (Å²) in [6.45, 7) is 7.93. The zero-order valence-corrected chi connectivity index (χ0v) is 9.15. The van der Waals surface area contributed by atoms with Crippen molar-refractivity contribution in [2.75, 3.05) is 32.7 Å². The second-order valence-electron chi connectivity index (χ2n) is 4.77. The summed E-state index contributed by atoms with van der Waals surface area (Å²) in [5.74, 6) is 0. The topological polar surface area (TPSA) is 26.7 Å². The van der Waals surface area contributed by atoms with Crippen LogP contribution in [-0.4, -0.2) is 59.8 Å². The Hall–Kier alpha value is -0.120. The normalized spacial score (nSPS) is 31.7. The van der Waals surface area contributed by atoms with Crippen molar-refractivity contribution in [1.82, 2.24) is 9.80 Å². The Balaban J connectivity index is 1.74. The molecule has 3 heteroatoms. The molecular formula is C11H22N2O. The molecule has 2 aliphatic rings. The van der Waals surface area contributed by atoms with Crippen LogP contribution in [0.1, 0.15) is 26.2 Å². The number of hydrogen-bond acceptors (Lipinski definition) is 3. The summed E-state index contributed by atoms with van der Waals surface area (Å²) < 4.78 is 0. The second-order valence-corrected chi connectivity index (χ2v) is 4.77. The third kappa shape index (κ3) is 2.47. The monoisotopic (exact) mass is 198 g/mol. The maximum Gasteiger partial charge on any atom is 0.0524 e. The molecule has 0 saturated carbocycles. The van der Waals surface area contributed by atoms with E-state index in [2.05, 4.69) is 9.80 Å². The van der Waals surface area contributed by atoms with Crippen molar-refractivity contribution in [3.05, 3.63) is 0 Å². The van der Waals surface area contributed by atoms with Gasteiger partial charge < -0.3 is 10.0 Å². The predicted molar refractivity (Wildman–Crippen MR) is 57.3 cm³/mol. The molecule has 1 N–H and O–H groups in total. The van der Waals surface area contributed by atoms with Crippen LogP contribution in [0.25, 0.3) is 0 Å². The zero-order valence-electron chi connectivity index (χ0n) is 9.15. The largest absolute Gasteiger partial charge is 0.393 e. The van der Waals surface area contributed by atoms with Gasteiger partial charge >= 0.3 is 0 Å². The highest BCUT2D eigenvalue weighted by Crippen LogP contribution is 2.21. The lowest BCUT2D eigenvalue weighted by molar-refractivity contribution is 0.0874. The molecule has 3 nitrogen and oxygen atoms in total. The Labute approximate surface area is 86.7 Å². The van der Waals surface area contributed by atoms with Crippen LogP contribution in [0.2, 0.25) is 0 Å². The molecule has 0 bridgehead atoms. The minimum Gasteiger partial charge on any atom is -0.393 e. The molecule has 2 rings (SSSR count). The fraction of sp³-hybridized carbons (Fsp3) is 1.00. The first-order valence-corrected chi connectivity index (χ1v) is 5.90. The van der Waals surface area contributed by atoms with Crippen LogP contribution in [0.15, 0.2) is 0 Å². The van der Waals surface area contributed by atoms with E-state index in [1.807, 2.05) is 6.92 Å². The zero-order chi connectivity index (χ0) is 9.97. The van der Waals surface area contributed by atoms with E-state index in [0.717, 1.165) is 19.0 Å². The molecular weight excluding hydrogens is 176 g/mol. The van der Waals surface area contributed by atoms with Crippen LogP contribution in [0.5, 0.6) is 0 Å². The maximum absolute atomic E-state index is 9.23. The summed E-state index contributed by atoms with van der Waals surface area (Å²) in [7, 11) is 0. The summed E-state index contributed by atoms with van der Waals surface area (Å²) in [6.07, 6.45) is 3.55. The van der Waals surface area contributed by atoms with Crippen molar-refractivity contribution >= 4 is 0 Å². The summed E-state index contributed by atoms with van der Waals surface area (Å²) in [5.41, 5.74) is 0. The number of hydrogen-bond donors (Lipinski definition) is 1. The third-order valence-corrected chi connectivity index (χ3v) is 3.53. The van der Waals surface area contributed by atoms with Crippen LogP contribution in [0.4, 0.5) is 0 Å². The first-order chi connectivity index (χ1) is 6.75. The molecule has 0 spiro atoms. The van der Waals surface area contributed by atoms with Crippen molar-refractivity contribution < 1.29 is 5.11 Å². The Morgan fingerprint density at radius 2 is 2.21 bits per heavy atom. The van der Waals surface area contributed by atoms with Gasteiger partial charge in [-0.25, -0.2) is 0 Å². The van der Waals surface area contributed by atoms with E-state index in [1.54, 1.807) is 0 Å². The van der Waals surface area contributed by atoms with Crippen LogP contribution in [-0.2, 0) is 0 Å². The average molecular weight is 198 g/mol. The molecule has 0 amide bonds. The van der Waals surface area contributed by atoms with Gasteiger partial charge in [-0.15, -0.1) is 0 Å². The van der Waals surface area contributed by atoms with E-state index in [9.17, 15) is 5.11 Å². The summed E-state index contributed by atoms with van der Waals surface area (Å²) in [6, 6.07) is 0.817. The second kappa shape index (κ2) is 4.60. The van der Waals surface area contributed by atoms with Gasteiger partial charge in [0, 0.05) is 32.2 Å². The molecule has 2 saturated heterocycles. The van der Waals surface area contributed by atoms with Gasteiger partial charge in [0.25, 0.3) is 0 Å². The van der Waals surface area contributed by atoms with Gasteiger partial charge in [0.05, 0.1) is 6.10 Å². The lowest BCUT2D eigenvalue weighted by atomic mass is 10.1. The van der Waals surface area contributed by atoms with Crippen molar-refractivity contribution in [3.63, 3.8) is 0 Å². The molecule has 2 fully saturated rings. The van der Waals surface area contributed by atoms with E-state index in [0.29, 0.717) is 0 Å². The van der Waals surface area contributed by atoms with Gasteiger partial charge in [-0.1, -0.05) is 0 Å². The summed E-state index contributed by atoms with van der Waals surface area (Å²) >= 11 is 0. The number of rotatable bonds is 3. The molecule has 2 atom stereocenters. The molecule has 0 radical (unpaired) electrons. The van der Waals surface area contributed by atoms with E-state index in [1.165, 1.54) is 39.0 Å². The molecule has 0 aliphatic carbocycles. The highest BCUT2D eigenvalue weighted by Gasteiger charge is 2.30. The van der Waals surface area contributed by atoms with Crippen LogP contribution in [0, 0.1) is 0 Å². The summed E-state index contributed by atoms with van der Waals surface area (Å²) in [4.78, 5) is 5.14. The Morgan fingerprint density at radius 1 is 1.36 bits per heavy atom. The predicted octanol–water partition coefficient (Wildman–Crippen LogP) is 0.537. The van der Waals surface area contributed by atoms with E-state index in [4.69, 9.17) is 0 Å². The van der Waals surface area contributed by atoms with Gasteiger partial charge in [-0.3, -0.25) is 4.90 Å². The molecule has 82 valence electrons. The fourth-order valence-electron chi connectivity index (χ4n) is 2.63. The first-order valence-electron chi connectivity index (χ1n) is 5.90. The summed E-state index contributed by atoms with van der Waals surface area (Å²) in [5, 5.41) is 9.23. The minimum absolute atomic E-state index is 0.142. The minimum atomic E-state index is -0.142. The number of nitrogens with zero attached hydrogens (tertiary/aromatic N) is 2. The van der Waals surface area contributed by atoms with Crippen molar-refractivity contribution in [2.45, 2.75) is 38.3 Å². The molecule has 2 unspecified atom stereocenters. The first kappa shape index (κ1) is 10.4. The van der Waals surface area contributed by atoms with Crippen molar-refractivity contribution in [2.24, 2.45) is 0 Å². The van der Waals surface area contributed by atoms with Gasteiger partial charge in [0.2, 0.25) is 0 Å². The molecule has 2 aliphatic heterocycles. The number of fused-ring (bicyclic) bond motifs is 1. The number of aliphatic hydroxyl groups excluding tert-OH is 1. The van der Waals surface area contributed by atoms with E-state index < -0.39 is 0 Å². The Kier molecular flexibility index (Phi) is 3.42. The van der Waals surface area contributed by atoms with Crippen LogP contribution in [0.3, 0.4) is 0 Å². The van der Waals surface area contributed by atoms with E-state index >= 15 is 0 Å². The molecule has 0 aromatic heterocycles. The quantitative estimate of drug-likeness (QED) is 0.717. The fourth-order valence-corrected chi connectivity index (χ4v) is 2.63. The smallest absolute Gasteiger partial charge is 0.0524 e. The van der Waals surface area contributed by atoms with Gasteiger partial charge in [0.15, 0.2) is 0 Å². The SMILES string of the molecule is CC(O)CCN1CCN2CCCC2C1. The lowest BCUT2D eigenvalue weighted by Gasteiger charge is -2.37. The van der Waals surface area contributed by atoms with Crippen LogP contribution < -0.4 is 0 Å². The molecule has 2 heterocycles. The number of piperazine rings is 1. The van der Waals surface area contributed by atoms with Crippen molar-refractivity contribution in [1.29, 1.82) is 0 Å². The van der Waals surface area contributed by atoms with Gasteiger partial charge in [-0.2, -0.15) is 0 Å². The lowest BCUT2D eigenvalue weighted by Crippen LogP contribution is -2.50. The standard InChI is InChI=1S/C11H22N2O/c1-10(14)4-6-12-7-8-13-5-2-3-11(13)9-12/h10-11,14H,2-9H2,1H3. The van der Waals surface area contributed by atoms with Crippen LogP contribution >= 0.6 is 0 Å². The Bertz CT molecular complexity index is 184. The molecule has 14 heavy (non-hydrogen) atoms. The van der Waals surface area contributed by atoms with Gasteiger partial charge in [-0.05, 0) is 32.7 Å². The van der Waals surface area contributed by atoms with Gasteiger partial charge in [0.1, 0.15) is 0 Å². The molecule has 0 aromatic rings. The molecule has 0 aromatic carbocycles. The highest BCUT2D eigenvalue weighted by molar-refractivity contribution is 4.86. The van der Waals surface area contributed by atoms with Crippen molar-refractivity contribution in [3.8, 4) is 0 Å². The third-order valence-electron chi connectivity index (χ3n) is 3.53. The highest BCUT2D eigenvalue weighted by atomic mass is 16.3.